The Labute approximate surface area is 80.7 Å². The van der Waals surface area contributed by atoms with E-state index in [1.165, 1.54) is 4.68 Å². The Bertz CT molecular complexity index is 345. The van der Waals surface area contributed by atoms with E-state index in [0.29, 0.717) is 11.3 Å². The number of aryl methyl sites for hydroxylation is 2. The summed E-state index contributed by atoms with van der Waals surface area (Å²) < 4.78 is 1.28. The predicted molar refractivity (Wildman–Crippen MR) is 49.6 cm³/mol. The molecule has 0 aliphatic rings. The van der Waals surface area contributed by atoms with E-state index in [9.17, 15) is 10.1 Å². The van der Waals surface area contributed by atoms with Gasteiger partial charge in [0.25, 0.3) is 0 Å². The number of hydrogen-bond donors (Lipinski definition) is 1. The van der Waals surface area contributed by atoms with Crippen molar-refractivity contribution in [2.24, 2.45) is 12.8 Å². The van der Waals surface area contributed by atoms with Gasteiger partial charge in [-0.1, -0.05) is 5.10 Å². The molecule has 2 N–H and O–H groups in total. The molecular formula is C7H12N4O3. The lowest BCUT2D eigenvalue weighted by Crippen LogP contribution is -1.98. The lowest BCUT2D eigenvalue weighted by molar-refractivity contribution is -0.392. The molecule has 0 bridgehead atoms. The third-order valence-electron chi connectivity index (χ3n) is 1.66. The van der Waals surface area contributed by atoms with Crippen molar-refractivity contribution in [3.63, 3.8) is 0 Å². The van der Waals surface area contributed by atoms with Gasteiger partial charge in [0.2, 0.25) is 6.41 Å². The van der Waals surface area contributed by atoms with Gasteiger partial charge in [-0.2, -0.15) is 0 Å². The van der Waals surface area contributed by atoms with Crippen molar-refractivity contribution in [1.29, 1.82) is 0 Å². The second kappa shape index (κ2) is 4.95. The van der Waals surface area contributed by atoms with E-state index in [-0.39, 0.29) is 12.2 Å². The highest BCUT2D eigenvalue weighted by molar-refractivity contribution is 5.42. The van der Waals surface area contributed by atoms with Gasteiger partial charge in [-0.25, -0.2) is 0 Å². The number of nitrogens with two attached hydrogens (primary N) is 1. The molecule has 1 rings (SSSR count). The average molecular weight is 200 g/mol. The Morgan fingerprint density at radius 3 is 2.14 bits per heavy atom. The highest BCUT2D eigenvalue weighted by Gasteiger charge is 2.18. The van der Waals surface area contributed by atoms with E-state index in [1.54, 1.807) is 20.9 Å². The average Bonchev–Trinajstić information content (AvgIpc) is 2.27. The molecule has 0 atom stereocenters. The zero-order chi connectivity index (χ0) is 11.3. The third kappa shape index (κ3) is 2.54. The van der Waals surface area contributed by atoms with Gasteiger partial charge >= 0.3 is 5.82 Å². The van der Waals surface area contributed by atoms with Crippen LogP contribution in [0.5, 0.6) is 0 Å². The molecule has 0 fully saturated rings. The van der Waals surface area contributed by atoms with E-state index in [2.05, 4.69) is 10.8 Å². The van der Waals surface area contributed by atoms with E-state index < -0.39 is 4.92 Å². The number of carbonyl (C=O) groups is 1. The maximum atomic E-state index is 10.4. The molecule has 0 saturated carbocycles. The number of carbonyl (C=O) groups excluding carboxylic acids is 1. The first-order valence-corrected chi connectivity index (χ1v) is 3.75. The van der Waals surface area contributed by atoms with Gasteiger partial charge in [-0.15, -0.1) is 4.68 Å². The Hall–Kier alpha value is -1.92. The largest absolute Gasteiger partial charge is 0.372 e. The first-order chi connectivity index (χ1) is 6.45. The van der Waals surface area contributed by atoms with Gasteiger partial charge in [-0.3, -0.25) is 4.79 Å². The topological polar surface area (TPSA) is 104 Å². The molecule has 1 heterocycles. The molecule has 78 valence electrons. The molecule has 7 nitrogen and oxygen atoms in total. The number of rotatable bonds is 1. The second-order valence-electron chi connectivity index (χ2n) is 2.55. The van der Waals surface area contributed by atoms with E-state index in [4.69, 9.17) is 4.79 Å². The van der Waals surface area contributed by atoms with Crippen molar-refractivity contribution in [2.45, 2.75) is 13.8 Å². The highest BCUT2D eigenvalue weighted by atomic mass is 16.6. The summed E-state index contributed by atoms with van der Waals surface area (Å²) in [5, 5.41) is 14.3. The minimum Gasteiger partial charge on any atom is -0.372 e. The number of primary amides is 1. The number of amides is 1. The SMILES string of the molecule is Cc1nn(C)c([N+](=O)[O-])c1C.NC=O. The molecule has 0 aliphatic carbocycles. The van der Waals surface area contributed by atoms with Gasteiger partial charge < -0.3 is 15.8 Å². The number of hydrogen-bond acceptors (Lipinski definition) is 4. The fourth-order valence-electron chi connectivity index (χ4n) is 1.01. The lowest BCUT2D eigenvalue weighted by Gasteiger charge is -1.92. The van der Waals surface area contributed by atoms with Crippen LogP contribution >= 0.6 is 0 Å². The monoisotopic (exact) mass is 200 g/mol. The second-order valence-corrected chi connectivity index (χ2v) is 2.55. The molecule has 14 heavy (non-hydrogen) atoms. The van der Waals surface area contributed by atoms with Crippen molar-refractivity contribution >= 4 is 12.2 Å². The molecule has 0 spiro atoms. The fourth-order valence-corrected chi connectivity index (χ4v) is 1.01. The quantitative estimate of drug-likeness (QED) is 0.392. The Morgan fingerprint density at radius 2 is 2.00 bits per heavy atom. The molecular weight excluding hydrogens is 188 g/mol. The van der Waals surface area contributed by atoms with Crippen LogP contribution in [0.2, 0.25) is 0 Å². The molecule has 7 heteroatoms. The van der Waals surface area contributed by atoms with Crippen molar-refractivity contribution in [3.05, 3.63) is 21.4 Å². The number of aromatic nitrogens is 2. The molecule has 0 saturated heterocycles. The normalized spacial score (nSPS) is 8.79. The molecule has 1 aromatic heterocycles. The van der Waals surface area contributed by atoms with Crippen LogP contribution in [-0.4, -0.2) is 21.1 Å². The molecule has 0 aliphatic heterocycles. The summed E-state index contributed by atoms with van der Waals surface area (Å²) in [6, 6.07) is 0. The van der Waals surface area contributed by atoms with E-state index >= 15 is 0 Å². The minimum absolute atomic E-state index is 0.0718. The molecule has 1 aromatic rings. The van der Waals surface area contributed by atoms with Crippen LogP contribution in [0.15, 0.2) is 0 Å². The Balaban J connectivity index is 0.000000500. The number of nitro groups is 1. The van der Waals surface area contributed by atoms with Crippen molar-refractivity contribution in [3.8, 4) is 0 Å². The van der Waals surface area contributed by atoms with Gasteiger partial charge in [0.05, 0.1) is 11.3 Å². The summed E-state index contributed by atoms with van der Waals surface area (Å²) in [6.07, 6.45) is 0.250. The van der Waals surface area contributed by atoms with Crippen molar-refractivity contribution in [1.82, 2.24) is 9.78 Å². The van der Waals surface area contributed by atoms with Crippen LogP contribution < -0.4 is 5.73 Å². The van der Waals surface area contributed by atoms with E-state index in [0.717, 1.165) is 0 Å². The summed E-state index contributed by atoms with van der Waals surface area (Å²) >= 11 is 0. The minimum atomic E-state index is -0.421. The van der Waals surface area contributed by atoms with Crippen molar-refractivity contribution in [2.75, 3.05) is 0 Å². The molecule has 0 unspecified atom stereocenters. The highest BCUT2D eigenvalue weighted by Crippen LogP contribution is 2.18. The van der Waals surface area contributed by atoms with Crippen LogP contribution in [-0.2, 0) is 11.8 Å². The summed E-state index contributed by atoms with van der Waals surface area (Å²) in [6.45, 7) is 3.45. The van der Waals surface area contributed by atoms with Gasteiger partial charge in [0.1, 0.15) is 7.05 Å². The van der Waals surface area contributed by atoms with Crippen LogP contribution in [0.25, 0.3) is 0 Å². The Kier molecular flexibility index (Phi) is 4.27. The lowest BCUT2D eigenvalue weighted by atomic mass is 10.3. The smallest absolute Gasteiger partial charge is 0.347 e. The summed E-state index contributed by atoms with van der Waals surface area (Å²) in [4.78, 5) is 18.6. The van der Waals surface area contributed by atoms with Gasteiger partial charge in [-0.05, 0) is 18.8 Å². The van der Waals surface area contributed by atoms with Gasteiger partial charge in [0.15, 0.2) is 0 Å². The van der Waals surface area contributed by atoms with E-state index in [1.807, 2.05) is 0 Å². The predicted octanol–water partition coefficient (Wildman–Crippen LogP) is 0.0466. The van der Waals surface area contributed by atoms with Gasteiger partial charge in [0, 0.05) is 0 Å². The molecule has 1 amide bonds. The summed E-state index contributed by atoms with van der Waals surface area (Å²) in [5.74, 6) is 0.0718. The number of nitrogens with zero attached hydrogens (tertiary/aromatic N) is 3. The Morgan fingerprint density at radius 1 is 1.57 bits per heavy atom. The van der Waals surface area contributed by atoms with Crippen LogP contribution in [0, 0.1) is 24.0 Å². The zero-order valence-electron chi connectivity index (χ0n) is 8.22. The van der Waals surface area contributed by atoms with Crippen LogP contribution in [0.1, 0.15) is 11.3 Å². The van der Waals surface area contributed by atoms with Crippen LogP contribution in [0.3, 0.4) is 0 Å². The van der Waals surface area contributed by atoms with Crippen LogP contribution in [0.4, 0.5) is 5.82 Å². The summed E-state index contributed by atoms with van der Waals surface area (Å²) in [5.41, 5.74) is 5.51. The third-order valence-corrected chi connectivity index (χ3v) is 1.66. The fraction of sp³-hybridized carbons (Fsp3) is 0.429. The standard InChI is InChI=1S/C6H9N3O2.CH3NO/c1-4-5(2)7-8(3)6(4)9(10)11;2-1-3/h1-3H3;1H,(H2,2,3). The first-order valence-electron chi connectivity index (χ1n) is 3.75. The van der Waals surface area contributed by atoms with Crippen molar-refractivity contribution < 1.29 is 9.72 Å². The maximum absolute atomic E-state index is 10.4. The summed E-state index contributed by atoms with van der Waals surface area (Å²) in [7, 11) is 1.57. The zero-order valence-corrected chi connectivity index (χ0v) is 8.22. The first kappa shape index (κ1) is 12.1. The molecule has 0 radical (unpaired) electrons. The maximum Gasteiger partial charge on any atom is 0.347 e. The molecule has 0 aromatic carbocycles.